The van der Waals surface area contributed by atoms with E-state index in [0.717, 1.165) is 21.7 Å². The van der Waals surface area contributed by atoms with Crippen LogP contribution in [-0.4, -0.2) is 22.6 Å². The van der Waals surface area contributed by atoms with Gasteiger partial charge in [0.1, 0.15) is 5.92 Å². The van der Waals surface area contributed by atoms with Gasteiger partial charge in [0.2, 0.25) is 5.91 Å². The number of thioether (sulfide) groups is 1. The Bertz CT molecular complexity index is 1350. The number of nitrogens with one attached hydrogen (secondary N) is 2. The number of rotatable bonds is 6. The van der Waals surface area contributed by atoms with Crippen molar-refractivity contribution < 1.29 is 9.59 Å². The number of aryl methyl sites for hydroxylation is 2. The average Bonchev–Trinajstić information content (AvgIpc) is 3.37. The van der Waals surface area contributed by atoms with Crippen molar-refractivity contribution in [3.05, 3.63) is 93.3 Å². The highest BCUT2D eigenvalue weighted by Gasteiger charge is 2.39. The maximum absolute atomic E-state index is 13.4. The second kappa shape index (κ2) is 11.4. The molecule has 2 amide bonds. The Kier molecular flexibility index (Phi) is 8.04. The van der Waals surface area contributed by atoms with Crippen LogP contribution in [0.15, 0.2) is 82.3 Å². The molecule has 36 heavy (non-hydrogen) atoms. The fourth-order valence-electron chi connectivity index (χ4n) is 4.26. The minimum Gasteiger partial charge on any atom is -0.325 e. The summed E-state index contributed by atoms with van der Waals surface area (Å²) >= 11 is 2.74. The number of nitrogens with zero attached hydrogens (tertiary/aromatic N) is 2. The summed E-state index contributed by atoms with van der Waals surface area (Å²) in [6.07, 6.45) is 0. The number of thiophene rings is 1. The lowest BCUT2D eigenvalue weighted by Crippen LogP contribution is -2.31. The molecule has 2 unspecified atom stereocenters. The Morgan fingerprint density at radius 3 is 2.36 bits per heavy atom. The summed E-state index contributed by atoms with van der Waals surface area (Å²) in [6, 6.07) is 21.3. The molecule has 0 saturated carbocycles. The number of hydrogen-bond donors (Lipinski definition) is 2. The number of carbonyl (C=O) groups is 2. The Morgan fingerprint density at radius 1 is 1.00 bits per heavy atom. The van der Waals surface area contributed by atoms with Gasteiger partial charge in [-0.3, -0.25) is 9.59 Å². The number of carbonyl (C=O) groups excluding carboxylic acids is 2. The fraction of sp³-hybridized carbons (Fsp3) is 0.214. The van der Waals surface area contributed by atoms with Crippen molar-refractivity contribution in [2.75, 3.05) is 16.4 Å². The second-order valence-corrected chi connectivity index (χ2v) is 10.6. The number of anilines is 2. The average molecular weight is 515 g/mol. The van der Waals surface area contributed by atoms with E-state index in [9.17, 15) is 14.9 Å². The molecule has 1 aliphatic heterocycles. The Hall–Kier alpha value is -3.67. The number of nitriles is 1. The van der Waals surface area contributed by atoms with Crippen molar-refractivity contribution in [1.82, 2.24) is 0 Å². The van der Waals surface area contributed by atoms with Crippen molar-refractivity contribution in [2.45, 2.75) is 26.7 Å². The van der Waals surface area contributed by atoms with Crippen molar-refractivity contribution >= 4 is 51.3 Å². The Morgan fingerprint density at radius 2 is 1.72 bits per heavy atom. The maximum atomic E-state index is 13.4. The summed E-state index contributed by atoms with van der Waals surface area (Å²) in [4.78, 5) is 31.6. The fourth-order valence-corrected chi connectivity index (χ4v) is 6.06. The van der Waals surface area contributed by atoms with Crippen molar-refractivity contribution in [2.24, 2.45) is 10.9 Å². The van der Waals surface area contributed by atoms with Gasteiger partial charge in [-0.05, 0) is 67.6 Å². The van der Waals surface area contributed by atoms with Gasteiger partial charge in [0.15, 0.2) is 0 Å². The van der Waals surface area contributed by atoms with Crippen LogP contribution in [0.5, 0.6) is 0 Å². The van der Waals surface area contributed by atoms with E-state index < -0.39 is 11.8 Å². The van der Waals surface area contributed by atoms with Gasteiger partial charge in [0, 0.05) is 33.4 Å². The largest absolute Gasteiger partial charge is 0.325 e. The third-order valence-electron chi connectivity index (χ3n) is 5.70. The van der Waals surface area contributed by atoms with Crippen LogP contribution < -0.4 is 10.6 Å². The Balaban J connectivity index is 1.58. The molecule has 0 saturated heterocycles. The first kappa shape index (κ1) is 25.4. The minimum absolute atomic E-state index is 0.111. The molecule has 1 aliphatic rings. The molecule has 2 N–H and O–H groups in total. The van der Waals surface area contributed by atoms with Gasteiger partial charge in [-0.15, -0.1) is 11.3 Å². The highest BCUT2D eigenvalue weighted by atomic mass is 32.2. The summed E-state index contributed by atoms with van der Waals surface area (Å²) in [5.74, 6) is -1.49. The van der Waals surface area contributed by atoms with Crippen LogP contribution in [0.2, 0.25) is 0 Å². The predicted molar refractivity (Wildman–Crippen MR) is 148 cm³/mol. The molecule has 4 rings (SSSR count). The second-order valence-electron chi connectivity index (χ2n) is 8.58. The molecule has 0 aliphatic carbocycles. The quantitative estimate of drug-likeness (QED) is 0.404. The molecule has 0 radical (unpaired) electrons. The van der Waals surface area contributed by atoms with Crippen LogP contribution in [-0.2, 0) is 9.59 Å². The molecule has 182 valence electrons. The zero-order valence-corrected chi connectivity index (χ0v) is 21.9. The summed E-state index contributed by atoms with van der Waals surface area (Å²) in [5.41, 5.74) is 4.57. The zero-order chi connectivity index (χ0) is 25.7. The van der Waals surface area contributed by atoms with E-state index in [-0.39, 0.29) is 17.6 Å². The molecule has 0 spiro atoms. The van der Waals surface area contributed by atoms with Gasteiger partial charge in [0.25, 0.3) is 5.91 Å². The van der Waals surface area contributed by atoms with Crippen LogP contribution in [0.3, 0.4) is 0 Å². The first-order chi connectivity index (χ1) is 17.4. The number of hydrogen-bond acceptors (Lipinski definition) is 6. The molecule has 8 heteroatoms. The number of para-hydroxylation sites is 1. The van der Waals surface area contributed by atoms with E-state index in [1.807, 2.05) is 79.9 Å². The van der Waals surface area contributed by atoms with Crippen molar-refractivity contribution in [3.8, 4) is 6.07 Å². The van der Waals surface area contributed by atoms with E-state index in [1.165, 1.54) is 23.1 Å². The summed E-state index contributed by atoms with van der Waals surface area (Å²) < 4.78 is 0. The zero-order valence-electron chi connectivity index (χ0n) is 20.2. The number of amides is 2. The number of aliphatic imine (C=N–C) groups is 1. The number of allylic oxidation sites excluding steroid dienone is 1. The molecule has 3 aromatic rings. The molecule has 1 aromatic heterocycles. The van der Waals surface area contributed by atoms with E-state index in [1.54, 1.807) is 6.92 Å². The lowest BCUT2D eigenvalue weighted by molar-refractivity contribution is -0.114. The van der Waals surface area contributed by atoms with Gasteiger partial charge in [-0.2, -0.15) is 5.26 Å². The SMILES string of the molecule is CC1=C(C(=O)Nc2ccccc2)C(c2cccs2)C(C#N)C(SCC(=O)Nc2cc(C)cc(C)c2)=N1. The van der Waals surface area contributed by atoms with Crippen LogP contribution in [0.1, 0.15) is 28.8 Å². The van der Waals surface area contributed by atoms with Gasteiger partial charge in [-0.1, -0.05) is 42.1 Å². The standard InChI is InChI=1S/C28H26N4O2S2/c1-17-12-18(2)14-21(13-17)31-24(33)16-36-28-22(15-29)26(23-10-7-11-35-23)25(19(3)30-28)27(34)32-20-8-5-4-6-9-20/h4-14,22,26H,16H2,1-3H3,(H,31,33)(H,32,34). The third-order valence-corrected chi connectivity index (χ3v) is 7.70. The molecule has 0 bridgehead atoms. The van der Waals surface area contributed by atoms with E-state index in [4.69, 9.17) is 0 Å². The highest BCUT2D eigenvalue weighted by Crippen LogP contribution is 2.43. The van der Waals surface area contributed by atoms with Gasteiger partial charge in [-0.25, -0.2) is 4.99 Å². The van der Waals surface area contributed by atoms with Crippen LogP contribution in [0.4, 0.5) is 11.4 Å². The lowest BCUT2D eigenvalue weighted by Gasteiger charge is -2.29. The van der Waals surface area contributed by atoms with E-state index in [2.05, 4.69) is 21.7 Å². The van der Waals surface area contributed by atoms with Crippen LogP contribution >= 0.6 is 23.1 Å². The number of benzene rings is 2. The van der Waals surface area contributed by atoms with E-state index >= 15 is 0 Å². The first-order valence-corrected chi connectivity index (χ1v) is 13.3. The third kappa shape index (κ3) is 5.93. The van der Waals surface area contributed by atoms with Gasteiger partial charge in [0.05, 0.1) is 16.9 Å². The molecular formula is C28H26N4O2S2. The monoisotopic (exact) mass is 514 g/mol. The summed E-state index contributed by atoms with van der Waals surface area (Å²) in [6.45, 7) is 5.75. The van der Waals surface area contributed by atoms with Gasteiger partial charge < -0.3 is 10.6 Å². The normalized spacial score (nSPS) is 17.2. The van der Waals surface area contributed by atoms with Crippen molar-refractivity contribution in [1.29, 1.82) is 5.26 Å². The molecule has 6 nitrogen and oxygen atoms in total. The molecule has 2 atom stereocenters. The highest BCUT2D eigenvalue weighted by molar-refractivity contribution is 8.14. The topological polar surface area (TPSA) is 94.4 Å². The molecule has 2 aromatic carbocycles. The molecular weight excluding hydrogens is 488 g/mol. The molecule has 2 heterocycles. The first-order valence-electron chi connectivity index (χ1n) is 11.5. The van der Waals surface area contributed by atoms with Crippen LogP contribution in [0, 0.1) is 31.1 Å². The maximum Gasteiger partial charge on any atom is 0.254 e. The van der Waals surface area contributed by atoms with E-state index in [0.29, 0.717) is 22.0 Å². The van der Waals surface area contributed by atoms with Crippen molar-refractivity contribution in [3.63, 3.8) is 0 Å². The Labute approximate surface area is 219 Å². The predicted octanol–water partition coefficient (Wildman–Crippen LogP) is 6.29. The molecule has 0 fully saturated rings. The summed E-state index contributed by atoms with van der Waals surface area (Å²) in [5, 5.41) is 18.5. The minimum atomic E-state index is -0.678. The summed E-state index contributed by atoms with van der Waals surface area (Å²) in [7, 11) is 0. The van der Waals surface area contributed by atoms with Crippen LogP contribution in [0.25, 0.3) is 0 Å². The lowest BCUT2D eigenvalue weighted by atomic mass is 9.82. The smallest absolute Gasteiger partial charge is 0.254 e. The van der Waals surface area contributed by atoms with Gasteiger partial charge >= 0.3 is 0 Å².